The molecule has 0 spiro atoms. The molecular formula is C10H23N3O. The number of hydrogen-bond acceptors (Lipinski definition) is 3. The number of nitrogens with one attached hydrogen (secondary N) is 1. The minimum Gasteiger partial charge on any atom is -0.304 e. The number of nitrogens with two attached hydrogens (primary N) is 1. The van der Waals surface area contributed by atoms with E-state index in [1.165, 1.54) is 12.8 Å². The van der Waals surface area contributed by atoms with Gasteiger partial charge in [-0.2, -0.15) is 0 Å². The Labute approximate surface area is 86.8 Å². The monoisotopic (exact) mass is 201 g/mol. The van der Waals surface area contributed by atoms with Crippen LogP contribution in [0.3, 0.4) is 0 Å². The molecule has 0 aromatic rings. The fourth-order valence-corrected chi connectivity index (χ4v) is 1.42. The Morgan fingerprint density at radius 3 is 2.71 bits per heavy atom. The number of rotatable bonds is 7. The molecule has 0 aliphatic heterocycles. The molecule has 0 aromatic heterocycles. The van der Waals surface area contributed by atoms with Crippen LogP contribution >= 0.6 is 0 Å². The fourth-order valence-electron chi connectivity index (χ4n) is 1.42. The van der Waals surface area contributed by atoms with Gasteiger partial charge in [0.2, 0.25) is 5.91 Å². The maximum Gasteiger partial charge on any atom is 0.233 e. The molecule has 14 heavy (non-hydrogen) atoms. The molecule has 0 saturated carbocycles. The number of hydrogen-bond donors (Lipinski definition) is 2. The lowest BCUT2D eigenvalue weighted by Gasteiger charge is -2.23. The summed E-state index contributed by atoms with van der Waals surface area (Å²) in [5.41, 5.74) is 2.14. The van der Waals surface area contributed by atoms with E-state index in [0.29, 0.717) is 12.5 Å². The summed E-state index contributed by atoms with van der Waals surface area (Å²) >= 11 is 0. The molecule has 4 heteroatoms. The van der Waals surface area contributed by atoms with Gasteiger partial charge in [0.15, 0.2) is 0 Å². The number of carbonyl (C=O) groups excluding carboxylic acids is 1. The van der Waals surface area contributed by atoms with E-state index < -0.39 is 0 Å². The lowest BCUT2D eigenvalue weighted by molar-refractivity contribution is -0.121. The van der Waals surface area contributed by atoms with Gasteiger partial charge in [0.05, 0.1) is 0 Å². The third-order valence-corrected chi connectivity index (χ3v) is 2.53. The van der Waals surface area contributed by atoms with Crippen LogP contribution in [0.15, 0.2) is 0 Å². The zero-order chi connectivity index (χ0) is 11.0. The molecule has 84 valence electrons. The Kier molecular flexibility index (Phi) is 7.42. The van der Waals surface area contributed by atoms with Gasteiger partial charge in [-0.3, -0.25) is 10.2 Å². The summed E-state index contributed by atoms with van der Waals surface area (Å²) in [7, 11) is 2.10. The van der Waals surface area contributed by atoms with Crippen molar-refractivity contribution in [3.8, 4) is 0 Å². The third-order valence-electron chi connectivity index (χ3n) is 2.53. The summed E-state index contributed by atoms with van der Waals surface area (Å²) in [4.78, 5) is 13.1. The zero-order valence-electron chi connectivity index (χ0n) is 9.55. The lowest BCUT2D eigenvalue weighted by atomic mass is 10.1. The van der Waals surface area contributed by atoms with E-state index in [-0.39, 0.29) is 5.91 Å². The predicted octanol–water partition coefficient (Wildman–Crippen LogP) is 0.877. The Morgan fingerprint density at radius 1 is 1.57 bits per heavy atom. The minimum atomic E-state index is -0.0819. The largest absolute Gasteiger partial charge is 0.304 e. The highest BCUT2D eigenvalue weighted by molar-refractivity contribution is 5.75. The third kappa shape index (κ3) is 5.94. The number of nitrogens with zero attached hydrogens (tertiary/aromatic N) is 1. The van der Waals surface area contributed by atoms with E-state index >= 15 is 0 Å². The van der Waals surface area contributed by atoms with Crippen molar-refractivity contribution < 1.29 is 4.79 Å². The molecule has 0 rings (SSSR count). The van der Waals surface area contributed by atoms with Crippen molar-refractivity contribution in [2.24, 2.45) is 5.84 Å². The molecule has 1 amide bonds. The van der Waals surface area contributed by atoms with E-state index in [1.807, 2.05) is 0 Å². The molecule has 0 radical (unpaired) electrons. The topological polar surface area (TPSA) is 58.4 Å². The van der Waals surface area contributed by atoms with Crippen LogP contribution in [0, 0.1) is 0 Å². The maximum absolute atomic E-state index is 10.8. The van der Waals surface area contributed by atoms with E-state index in [9.17, 15) is 4.79 Å². The van der Waals surface area contributed by atoms with Gasteiger partial charge in [-0.1, -0.05) is 13.3 Å². The molecule has 0 aliphatic carbocycles. The van der Waals surface area contributed by atoms with Crippen LogP contribution in [-0.2, 0) is 4.79 Å². The van der Waals surface area contributed by atoms with Crippen molar-refractivity contribution in [2.75, 3.05) is 13.6 Å². The molecular weight excluding hydrogens is 178 g/mol. The standard InChI is InChI=1S/C10H23N3O/c1-4-6-9(2)13(3)8-5-7-10(14)12-11/h9H,4-8,11H2,1-3H3,(H,12,14). The summed E-state index contributed by atoms with van der Waals surface area (Å²) < 4.78 is 0. The minimum absolute atomic E-state index is 0.0819. The highest BCUT2D eigenvalue weighted by Gasteiger charge is 2.07. The molecule has 0 heterocycles. The summed E-state index contributed by atoms with van der Waals surface area (Å²) in [5, 5.41) is 0. The first-order chi connectivity index (χ1) is 6.61. The van der Waals surface area contributed by atoms with Gasteiger partial charge in [0.1, 0.15) is 0 Å². The summed E-state index contributed by atoms with van der Waals surface area (Å²) in [6.45, 7) is 5.35. The van der Waals surface area contributed by atoms with Gasteiger partial charge < -0.3 is 4.90 Å². The molecule has 0 bridgehead atoms. The van der Waals surface area contributed by atoms with Gasteiger partial charge >= 0.3 is 0 Å². The Hall–Kier alpha value is -0.610. The van der Waals surface area contributed by atoms with Gasteiger partial charge in [-0.05, 0) is 33.4 Å². The summed E-state index contributed by atoms with van der Waals surface area (Å²) in [5.74, 6) is 4.90. The average Bonchev–Trinajstić information content (AvgIpc) is 2.17. The number of amides is 1. The number of carbonyl (C=O) groups is 1. The van der Waals surface area contributed by atoms with Crippen LogP contribution in [0.25, 0.3) is 0 Å². The molecule has 4 nitrogen and oxygen atoms in total. The highest BCUT2D eigenvalue weighted by Crippen LogP contribution is 2.05. The van der Waals surface area contributed by atoms with Crippen LogP contribution < -0.4 is 11.3 Å². The van der Waals surface area contributed by atoms with Crippen LogP contribution in [0.5, 0.6) is 0 Å². The first-order valence-electron chi connectivity index (χ1n) is 5.31. The van der Waals surface area contributed by atoms with E-state index in [0.717, 1.165) is 13.0 Å². The smallest absolute Gasteiger partial charge is 0.233 e. The second kappa shape index (κ2) is 7.76. The van der Waals surface area contributed by atoms with Gasteiger partial charge in [-0.15, -0.1) is 0 Å². The molecule has 0 aliphatic rings. The Morgan fingerprint density at radius 2 is 2.21 bits per heavy atom. The number of hydrazine groups is 1. The second-order valence-corrected chi connectivity index (χ2v) is 3.79. The van der Waals surface area contributed by atoms with Crippen LogP contribution in [0.4, 0.5) is 0 Å². The zero-order valence-corrected chi connectivity index (χ0v) is 9.55. The van der Waals surface area contributed by atoms with Gasteiger partial charge in [-0.25, -0.2) is 5.84 Å². The summed E-state index contributed by atoms with van der Waals surface area (Å²) in [6.07, 6.45) is 3.79. The first kappa shape index (κ1) is 13.4. The molecule has 1 atom stereocenters. The van der Waals surface area contributed by atoms with Crippen molar-refractivity contribution in [2.45, 2.75) is 45.6 Å². The van der Waals surface area contributed by atoms with Crippen LogP contribution in [-0.4, -0.2) is 30.4 Å². The molecule has 1 unspecified atom stereocenters. The first-order valence-corrected chi connectivity index (χ1v) is 5.31. The SMILES string of the molecule is CCCC(C)N(C)CCCC(=O)NN. The molecule has 0 fully saturated rings. The van der Waals surface area contributed by atoms with Crippen molar-refractivity contribution in [1.82, 2.24) is 10.3 Å². The van der Waals surface area contributed by atoms with Gasteiger partial charge in [0.25, 0.3) is 0 Å². The Balaban J connectivity index is 3.52. The fraction of sp³-hybridized carbons (Fsp3) is 0.900. The van der Waals surface area contributed by atoms with Crippen LogP contribution in [0.1, 0.15) is 39.5 Å². The highest BCUT2D eigenvalue weighted by atomic mass is 16.2. The second-order valence-electron chi connectivity index (χ2n) is 3.79. The lowest BCUT2D eigenvalue weighted by Crippen LogP contribution is -2.33. The van der Waals surface area contributed by atoms with E-state index in [2.05, 4.69) is 31.2 Å². The van der Waals surface area contributed by atoms with Crippen molar-refractivity contribution in [3.05, 3.63) is 0 Å². The van der Waals surface area contributed by atoms with E-state index in [4.69, 9.17) is 5.84 Å². The quantitative estimate of drug-likeness (QED) is 0.365. The average molecular weight is 201 g/mol. The summed E-state index contributed by atoms with van der Waals surface area (Å²) in [6, 6.07) is 0.598. The van der Waals surface area contributed by atoms with Gasteiger partial charge in [0, 0.05) is 12.5 Å². The molecule has 3 N–H and O–H groups in total. The van der Waals surface area contributed by atoms with Crippen molar-refractivity contribution in [1.29, 1.82) is 0 Å². The van der Waals surface area contributed by atoms with Crippen molar-refractivity contribution >= 4 is 5.91 Å². The molecule has 0 saturated heterocycles. The predicted molar refractivity (Wildman–Crippen MR) is 58.6 cm³/mol. The van der Waals surface area contributed by atoms with Crippen molar-refractivity contribution in [3.63, 3.8) is 0 Å². The Bertz CT molecular complexity index is 161. The maximum atomic E-state index is 10.8. The van der Waals surface area contributed by atoms with Crippen LogP contribution in [0.2, 0.25) is 0 Å². The van der Waals surface area contributed by atoms with E-state index in [1.54, 1.807) is 0 Å². The molecule has 0 aromatic carbocycles. The normalized spacial score (nSPS) is 12.9.